The van der Waals surface area contributed by atoms with Gasteiger partial charge in [-0.3, -0.25) is 4.79 Å². The second-order valence-corrected chi connectivity index (χ2v) is 5.31. The van der Waals surface area contributed by atoms with E-state index in [4.69, 9.17) is 14.3 Å². The zero-order chi connectivity index (χ0) is 18.8. The molecular formula is C19H23N3O4. The highest BCUT2D eigenvalue weighted by atomic mass is 16.6. The summed E-state index contributed by atoms with van der Waals surface area (Å²) in [4.78, 5) is 21.2. The van der Waals surface area contributed by atoms with Gasteiger partial charge in [0.2, 0.25) is 11.8 Å². The molecule has 0 atom stereocenters. The molecule has 0 aliphatic heterocycles. The van der Waals surface area contributed by atoms with Gasteiger partial charge in [-0.15, -0.1) is 0 Å². The fourth-order valence-corrected chi connectivity index (χ4v) is 2.21. The van der Waals surface area contributed by atoms with E-state index in [9.17, 15) is 4.79 Å². The van der Waals surface area contributed by atoms with Gasteiger partial charge in [-0.25, -0.2) is 0 Å². The van der Waals surface area contributed by atoms with Gasteiger partial charge in [0.25, 0.3) is 5.91 Å². The van der Waals surface area contributed by atoms with Crippen molar-refractivity contribution >= 4 is 11.6 Å². The summed E-state index contributed by atoms with van der Waals surface area (Å²) in [5, 5.41) is 6.40. The predicted molar refractivity (Wildman–Crippen MR) is 98.4 cm³/mol. The number of nitrogens with zero attached hydrogens (tertiary/aromatic N) is 2. The first kappa shape index (κ1) is 19.2. The minimum Gasteiger partial charge on any atom is -0.478 e. The predicted octanol–water partition coefficient (Wildman–Crippen LogP) is 2.55. The van der Waals surface area contributed by atoms with Crippen molar-refractivity contribution in [1.29, 1.82) is 0 Å². The van der Waals surface area contributed by atoms with Crippen LogP contribution in [0.25, 0.3) is 0 Å². The molecule has 0 saturated carbocycles. The first-order valence-electron chi connectivity index (χ1n) is 8.33. The quantitative estimate of drug-likeness (QED) is 0.551. The highest BCUT2D eigenvalue weighted by molar-refractivity contribution is 6.45. The van der Waals surface area contributed by atoms with Crippen molar-refractivity contribution < 1.29 is 19.1 Å². The Labute approximate surface area is 153 Å². The Morgan fingerprint density at radius 2 is 1.85 bits per heavy atom. The normalized spacial score (nSPS) is 11.0. The lowest BCUT2D eigenvalue weighted by molar-refractivity contribution is -0.114. The zero-order valence-corrected chi connectivity index (χ0v) is 15.2. The summed E-state index contributed by atoms with van der Waals surface area (Å²) in [6.45, 7) is 2.85. The van der Waals surface area contributed by atoms with Crippen molar-refractivity contribution in [2.24, 2.45) is 5.16 Å². The highest BCUT2D eigenvalue weighted by Crippen LogP contribution is 2.17. The number of pyridine rings is 1. The molecule has 0 aliphatic rings. The van der Waals surface area contributed by atoms with Gasteiger partial charge in [-0.1, -0.05) is 42.4 Å². The van der Waals surface area contributed by atoms with Gasteiger partial charge < -0.3 is 19.6 Å². The fourth-order valence-electron chi connectivity index (χ4n) is 2.21. The maximum Gasteiger partial charge on any atom is 0.273 e. The number of aromatic nitrogens is 1. The third-order valence-corrected chi connectivity index (χ3v) is 3.42. The molecule has 7 heteroatoms. The number of nitrogens with one attached hydrogen (secondary N) is 1. The molecule has 1 N–H and O–H groups in total. The van der Waals surface area contributed by atoms with Crippen LogP contribution in [0.4, 0.5) is 0 Å². The zero-order valence-electron chi connectivity index (χ0n) is 15.2. The van der Waals surface area contributed by atoms with E-state index < -0.39 is 0 Å². The van der Waals surface area contributed by atoms with E-state index in [-0.39, 0.29) is 18.2 Å². The fraction of sp³-hybridized carbons (Fsp3) is 0.316. The van der Waals surface area contributed by atoms with E-state index >= 15 is 0 Å². The summed E-state index contributed by atoms with van der Waals surface area (Å²) in [5.41, 5.74) is 1.60. The second-order valence-electron chi connectivity index (χ2n) is 5.31. The number of likely N-dealkylation sites (N-methyl/N-ethyl adjacent to an activating group) is 1. The molecule has 0 spiro atoms. The molecule has 1 aromatic carbocycles. The summed E-state index contributed by atoms with van der Waals surface area (Å²) in [5.74, 6) is 0.621. The molecule has 0 aliphatic carbocycles. The van der Waals surface area contributed by atoms with E-state index in [1.54, 1.807) is 25.2 Å². The highest BCUT2D eigenvalue weighted by Gasteiger charge is 2.17. The molecule has 26 heavy (non-hydrogen) atoms. The average molecular weight is 357 g/mol. The summed E-state index contributed by atoms with van der Waals surface area (Å²) >= 11 is 0. The van der Waals surface area contributed by atoms with Gasteiger partial charge >= 0.3 is 0 Å². The number of carbonyl (C=O) groups is 1. The second kappa shape index (κ2) is 10.0. The molecule has 1 aromatic heterocycles. The maximum absolute atomic E-state index is 12.1. The van der Waals surface area contributed by atoms with Crippen molar-refractivity contribution in [2.75, 3.05) is 20.8 Å². The van der Waals surface area contributed by atoms with Crippen molar-refractivity contribution in [3.63, 3.8) is 0 Å². The van der Waals surface area contributed by atoms with E-state index in [2.05, 4.69) is 15.5 Å². The van der Waals surface area contributed by atoms with Gasteiger partial charge in [-0.2, -0.15) is 4.98 Å². The van der Waals surface area contributed by atoms with Crippen LogP contribution in [0, 0.1) is 0 Å². The number of amides is 1. The van der Waals surface area contributed by atoms with Gasteiger partial charge in [0.1, 0.15) is 13.7 Å². The molecule has 0 bridgehead atoms. The average Bonchev–Trinajstić information content (AvgIpc) is 2.69. The van der Waals surface area contributed by atoms with E-state index in [0.29, 0.717) is 23.9 Å². The number of rotatable bonds is 9. The Morgan fingerprint density at radius 1 is 1.12 bits per heavy atom. The molecule has 1 heterocycles. The lowest BCUT2D eigenvalue weighted by atomic mass is 10.0. The van der Waals surface area contributed by atoms with Crippen LogP contribution in [0.2, 0.25) is 0 Å². The van der Waals surface area contributed by atoms with E-state index in [1.807, 2.05) is 31.2 Å². The molecule has 7 nitrogen and oxygen atoms in total. The molecular weight excluding hydrogens is 334 g/mol. The Hall–Kier alpha value is -3.09. The number of oxime groups is 1. The largest absolute Gasteiger partial charge is 0.478 e. The van der Waals surface area contributed by atoms with Crippen molar-refractivity contribution in [1.82, 2.24) is 10.3 Å². The number of carbonyl (C=O) groups excluding carboxylic acids is 1. The monoisotopic (exact) mass is 357 g/mol. The molecule has 1 amide bonds. The minimum atomic E-state index is -0.340. The van der Waals surface area contributed by atoms with Crippen LogP contribution < -0.4 is 14.8 Å². The third-order valence-electron chi connectivity index (χ3n) is 3.42. The smallest absolute Gasteiger partial charge is 0.273 e. The van der Waals surface area contributed by atoms with Gasteiger partial charge in [-0.05, 0) is 12.0 Å². The van der Waals surface area contributed by atoms with Crippen LogP contribution in [0.15, 0.2) is 47.6 Å². The summed E-state index contributed by atoms with van der Waals surface area (Å²) < 4.78 is 11.3. The van der Waals surface area contributed by atoms with Gasteiger partial charge in [0.05, 0.1) is 6.61 Å². The Balaban J connectivity index is 2.18. The lowest BCUT2D eigenvalue weighted by Crippen LogP contribution is -2.29. The molecule has 0 fully saturated rings. The molecule has 0 unspecified atom stereocenters. The van der Waals surface area contributed by atoms with Crippen LogP contribution in [-0.4, -0.2) is 37.4 Å². The topological polar surface area (TPSA) is 82.0 Å². The van der Waals surface area contributed by atoms with Crippen LogP contribution >= 0.6 is 0 Å². The number of benzene rings is 1. The first-order chi connectivity index (χ1) is 12.7. The minimum absolute atomic E-state index is 0.183. The van der Waals surface area contributed by atoms with E-state index in [1.165, 1.54) is 7.11 Å². The number of hydrogen-bond acceptors (Lipinski definition) is 6. The van der Waals surface area contributed by atoms with Crippen LogP contribution in [-0.2, 0) is 16.2 Å². The van der Waals surface area contributed by atoms with Gasteiger partial charge in [0.15, 0.2) is 5.71 Å². The maximum atomic E-state index is 12.1. The molecule has 2 rings (SSSR count). The number of ether oxygens (including phenoxy) is 2. The Bertz CT molecular complexity index is 762. The molecule has 2 aromatic rings. The molecule has 0 radical (unpaired) electrons. The summed E-state index contributed by atoms with van der Waals surface area (Å²) in [6.07, 6.45) is 0.904. The lowest BCUT2D eigenvalue weighted by Gasteiger charge is -2.12. The van der Waals surface area contributed by atoms with E-state index in [0.717, 1.165) is 12.0 Å². The van der Waals surface area contributed by atoms with Crippen molar-refractivity contribution in [3.8, 4) is 11.8 Å². The first-order valence-corrected chi connectivity index (χ1v) is 8.33. The number of hydrogen-bond donors (Lipinski definition) is 1. The standard InChI is InChI=1S/C19H23N3O4/c1-4-12-25-16-10-7-11-17(21-16)26-13-14-8-5-6-9-15(14)18(22-24-3)19(23)20-2/h5-11H,4,12-13H2,1-3H3,(H,20,23)/b22-18+. The van der Waals surface area contributed by atoms with Crippen molar-refractivity contribution in [2.45, 2.75) is 20.0 Å². The summed E-state index contributed by atoms with van der Waals surface area (Å²) in [6, 6.07) is 12.7. The van der Waals surface area contributed by atoms with Crippen LogP contribution in [0.5, 0.6) is 11.8 Å². The van der Waals surface area contributed by atoms with Crippen LogP contribution in [0.3, 0.4) is 0 Å². The third kappa shape index (κ3) is 5.20. The molecule has 0 saturated heterocycles. The Morgan fingerprint density at radius 3 is 2.54 bits per heavy atom. The Kier molecular flexibility index (Phi) is 7.42. The summed E-state index contributed by atoms with van der Waals surface area (Å²) in [7, 11) is 2.94. The van der Waals surface area contributed by atoms with Crippen LogP contribution in [0.1, 0.15) is 24.5 Å². The molecule has 138 valence electrons. The SMILES string of the molecule is CCCOc1cccc(OCc2ccccc2/C(=N\OC)C(=O)NC)n1. The van der Waals surface area contributed by atoms with Crippen molar-refractivity contribution in [3.05, 3.63) is 53.6 Å². The van der Waals surface area contributed by atoms with Gasteiger partial charge in [0, 0.05) is 24.7 Å².